The minimum absolute atomic E-state index is 0.198. The van der Waals surface area contributed by atoms with Crippen molar-refractivity contribution in [1.29, 1.82) is 0 Å². The normalized spacial score (nSPS) is 10.7. The molecular weight excluding hydrogens is 344 g/mol. The van der Waals surface area contributed by atoms with Crippen molar-refractivity contribution in [2.24, 2.45) is 5.92 Å². The summed E-state index contributed by atoms with van der Waals surface area (Å²) in [5.41, 5.74) is 0. The van der Waals surface area contributed by atoms with Gasteiger partial charge in [0, 0.05) is 12.8 Å². The first-order chi connectivity index (χ1) is 13.0. The van der Waals surface area contributed by atoms with E-state index in [9.17, 15) is 9.59 Å². The average Bonchev–Trinajstić information content (AvgIpc) is 2.62. The van der Waals surface area contributed by atoms with Crippen LogP contribution < -0.4 is 14.2 Å². The number of carbonyl (C=O) groups excluding carboxylic acids is 2. The SMILES string of the molecule is CCCCCC(=O)Oc1cccc(OCC(C)C)c1OC(=O)CCCCC. The maximum Gasteiger partial charge on any atom is 0.311 e. The van der Waals surface area contributed by atoms with Crippen LogP contribution >= 0.6 is 0 Å². The lowest BCUT2D eigenvalue weighted by Crippen LogP contribution is -2.14. The molecule has 5 heteroatoms. The standard InChI is InChI=1S/C22H34O5/c1-5-7-9-14-20(23)26-19-13-11-12-18(25-16-17(3)4)22(19)27-21(24)15-10-8-6-2/h11-13,17H,5-10,14-16H2,1-4H3. The van der Waals surface area contributed by atoms with Gasteiger partial charge in [0.1, 0.15) is 0 Å². The molecule has 0 bridgehead atoms. The molecule has 0 atom stereocenters. The highest BCUT2D eigenvalue weighted by Gasteiger charge is 2.19. The van der Waals surface area contributed by atoms with E-state index in [2.05, 4.69) is 13.8 Å². The second kappa shape index (κ2) is 13.2. The smallest absolute Gasteiger partial charge is 0.311 e. The largest absolute Gasteiger partial charge is 0.489 e. The van der Waals surface area contributed by atoms with Gasteiger partial charge in [-0.15, -0.1) is 0 Å². The lowest BCUT2D eigenvalue weighted by atomic mass is 10.2. The van der Waals surface area contributed by atoms with Crippen molar-refractivity contribution < 1.29 is 23.8 Å². The van der Waals surface area contributed by atoms with E-state index in [1.807, 2.05) is 13.8 Å². The predicted octanol–water partition coefficient (Wildman–Crippen LogP) is 5.69. The van der Waals surface area contributed by atoms with Gasteiger partial charge in [-0.1, -0.05) is 59.4 Å². The Kier molecular flexibility index (Phi) is 11.2. The Hall–Kier alpha value is -2.04. The molecule has 0 aromatic heterocycles. The Morgan fingerprint density at radius 3 is 1.96 bits per heavy atom. The van der Waals surface area contributed by atoms with E-state index in [4.69, 9.17) is 14.2 Å². The van der Waals surface area contributed by atoms with E-state index in [-0.39, 0.29) is 23.4 Å². The third-order valence-electron chi connectivity index (χ3n) is 3.92. The number of ether oxygens (including phenoxy) is 3. The lowest BCUT2D eigenvalue weighted by molar-refractivity contribution is -0.137. The summed E-state index contributed by atoms with van der Waals surface area (Å²) in [6.07, 6.45) is 6.24. The molecule has 0 aliphatic carbocycles. The molecule has 0 aliphatic heterocycles. The molecule has 0 fully saturated rings. The molecule has 0 amide bonds. The second-order valence-electron chi connectivity index (χ2n) is 7.15. The second-order valence-corrected chi connectivity index (χ2v) is 7.15. The maximum atomic E-state index is 12.2. The summed E-state index contributed by atoms with van der Waals surface area (Å²) in [6.45, 7) is 8.71. The molecule has 0 saturated heterocycles. The zero-order chi connectivity index (χ0) is 20.1. The molecule has 0 radical (unpaired) electrons. The molecular formula is C22H34O5. The number of benzene rings is 1. The first-order valence-electron chi connectivity index (χ1n) is 10.1. The molecule has 5 nitrogen and oxygen atoms in total. The predicted molar refractivity (Wildman–Crippen MR) is 106 cm³/mol. The summed E-state index contributed by atoms with van der Waals surface area (Å²) < 4.78 is 16.8. The van der Waals surface area contributed by atoms with Gasteiger partial charge in [-0.25, -0.2) is 0 Å². The first kappa shape index (κ1) is 23.0. The first-order valence-corrected chi connectivity index (χ1v) is 10.1. The van der Waals surface area contributed by atoms with Crippen LogP contribution in [0.15, 0.2) is 18.2 Å². The lowest BCUT2D eigenvalue weighted by Gasteiger charge is -2.16. The Labute approximate surface area is 163 Å². The Balaban J connectivity index is 2.90. The molecule has 0 aliphatic rings. The highest BCUT2D eigenvalue weighted by atomic mass is 16.6. The highest BCUT2D eigenvalue weighted by Crippen LogP contribution is 2.38. The molecule has 1 rings (SSSR count). The van der Waals surface area contributed by atoms with Crippen LogP contribution in [0.4, 0.5) is 0 Å². The fraction of sp³-hybridized carbons (Fsp3) is 0.636. The molecule has 1 aromatic carbocycles. The minimum Gasteiger partial charge on any atom is -0.489 e. The van der Waals surface area contributed by atoms with Crippen LogP contribution in [0.3, 0.4) is 0 Å². The maximum absolute atomic E-state index is 12.2. The summed E-state index contributed by atoms with van der Waals surface area (Å²) in [4.78, 5) is 24.3. The van der Waals surface area contributed by atoms with Crippen LogP contribution in [0.1, 0.15) is 79.1 Å². The van der Waals surface area contributed by atoms with Crippen molar-refractivity contribution in [2.75, 3.05) is 6.61 Å². The van der Waals surface area contributed by atoms with Gasteiger partial charge in [-0.05, 0) is 30.9 Å². The van der Waals surface area contributed by atoms with Gasteiger partial charge in [-0.3, -0.25) is 9.59 Å². The molecule has 0 heterocycles. The summed E-state index contributed by atoms with van der Waals surface area (Å²) in [6, 6.07) is 5.10. The monoisotopic (exact) mass is 378 g/mol. The van der Waals surface area contributed by atoms with Crippen molar-refractivity contribution in [1.82, 2.24) is 0 Å². The van der Waals surface area contributed by atoms with E-state index in [1.165, 1.54) is 0 Å². The minimum atomic E-state index is -0.340. The molecule has 1 aromatic rings. The van der Waals surface area contributed by atoms with Crippen molar-refractivity contribution in [3.63, 3.8) is 0 Å². The van der Waals surface area contributed by atoms with Gasteiger partial charge >= 0.3 is 11.9 Å². The molecule has 0 N–H and O–H groups in total. The van der Waals surface area contributed by atoms with Crippen molar-refractivity contribution in [3.05, 3.63) is 18.2 Å². The summed E-state index contributed by atoms with van der Waals surface area (Å²) in [5.74, 6) is 0.509. The fourth-order valence-electron chi connectivity index (χ4n) is 2.42. The zero-order valence-electron chi connectivity index (χ0n) is 17.2. The Morgan fingerprint density at radius 1 is 0.852 bits per heavy atom. The molecule has 152 valence electrons. The van der Waals surface area contributed by atoms with E-state index in [1.54, 1.807) is 18.2 Å². The summed E-state index contributed by atoms with van der Waals surface area (Å²) >= 11 is 0. The van der Waals surface area contributed by atoms with Gasteiger partial charge in [0.05, 0.1) is 6.61 Å². The number of carbonyl (C=O) groups is 2. The van der Waals surface area contributed by atoms with Crippen LogP contribution in [-0.4, -0.2) is 18.5 Å². The zero-order valence-corrected chi connectivity index (χ0v) is 17.2. The highest BCUT2D eigenvalue weighted by molar-refractivity contribution is 5.77. The fourth-order valence-corrected chi connectivity index (χ4v) is 2.42. The van der Waals surface area contributed by atoms with Crippen molar-refractivity contribution >= 4 is 11.9 Å². The summed E-state index contributed by atoms with van der Waals surface area (Å²) in [5, 5.41) is 0. The average molecular weight is 379 g/mol. The van der Waals surface area contributed by atoms with Gasteiger partial charge < -0.3 is 14.2 Å². The molecule has 27 heavy (non-hydrogen) atoms. The van der Waals surface area contributed by atoms with Gasteiger partial charge in [-0.2, -0.15) is 0 Å². The molecule has 0 unspecified atom stereocenters. The van der Waals surface area contributed by atoms with Crippen LogP contribution in [0.2, 0.25) is 0 Å². The Bertz CT molecular complexity index is 580. The van der Waals surface area contributed by atoms with Crippen molar-refractivity contribution in [2.45, 2.75) is 79.1 Å². The van der Waals surface area contributed by atoms with Crippen LogP contribution in [-0.2, 0) is 9.59 Å². The van der Waals surface area contributed by atoms with Crippen LogP contribution in [0.25, 0.3) is 0 Å². The van der Waals surface area contributed by atoms with Crippen LogP contribution in [0, 0.1) is 5.92 Å². The third kappa shape index (κ3) is 9.45. The number of hydrogen-bond acceptors (Lipinski definition) is 5. The van der Waals surface area contributed by atoms with Gasteiger partial charge in [0.2, 0.25) is 5.75 Å². The number of para-hydroxylation sites is 1. The number of esters is 2. The van der Waals surface area contributed by atoms with Gasteiger partial charge in [0.25, 0.3) is 0 Å². The van der Waals surface area contributed by atoms with Crippen LogP contribution in [0.5, 0.6) is 17.2 Å². The summed E-state index contributed by atoms with van der Waals surface area (Å²) in [7, 11) is 0. The van der Waals surface area contributed by atoms with Gasteiger partial charge in [0.15, 0.2) is 11.5 Å². The quantitative estimate of drug-likeness (QED) is 0.250. The number of rotatable bonds is 13. The van der Waals surface area contributed by atoms with E-state index in [0.29, 0.717) is 31.1 Å². The van der Waals surface area contributed by atoms with E-state index < -0.39 is 0 Å². The molecule has 0 spiro atoms. The van der Waals surface area contributed by atoms with E-state index in [0.717, 1.165) is 38.5 Å². The van der Waals surface area contributed by atoms with Crippen molar-refractivity contribution in [3.8, 4) is 17.2 Å². The third-order valence-corrected chi connectivity index (χ3v) is 3.92. The number of unbranched alkanes of at least 4 members (excludes halogenated alkanes) is 4. The number of hydrogen-bond donors (Lipinski definition) is 0. The molecule has 0 saturated carbocycles. The van der Waals surface area contributed by atoms with E-state index >= 15 is 0 Å². The Morgan fingerprint density at radius 2 is 1.41 bits per heavy atom. The topological polar surface area (TPSA) is 61.8 Å².